The Bertz CT molecular complexity index is 1370. The lowest BCUT2D eigenvalue weighted by Crippen LogP contribution is -2.27. The van der Waals surface area contributed by atoms with Gasteiger partial charge in [-0.1, -0.05) is 72.8 Å². The van der Waals surface area contributed by atoms with Gasteiger partial charge in [-0.3, -0.25) is 4.79 Å². The predicted octanol–water partition coefficient (Wildman–Crippen LogP) is 6.34. The summed E-state index contributed by atoms with van der Waals surface area (Å²) < 4.78 is 19.3. The Kier molecular flexibility index (Phi) is 7.00. The zero-order valence-corrected chi connectivity index (χ0v) is 18.7. The third-order valence-electron chi connectivity index (χ3n) is 5.54. The molecule has 168 valence electrons. The number of nitrogens with one attached hydrogen (secondary N) is 1. The summed E-state index contributed by atoms with van der Waals surface area (Å²) in [7, 11) is 0. The first-order chi connectivity index (χ1) is 16.5. The fraction of sp³-hybridized carbons (Fsp3) is 0.103. The lowest BCUT2D eigenvalue weighted by molar-refractivity contribution is -0.117. The number of halogens is 1. The minimum Gasteiger partial charge on any atom is -0.488 e. The number of ether oxygens (including phenoxy) is 1. The topological polar surface area (TPSA) is 62.1 Å². The molecule has 0 heterocycles. The van der Waals surface area contributed by atoms with Crippen LogP contribution >= 0.6 is 0 Å². The molecule has 5 heteroatoms. The molecular weight excluding hydrogens is 427 g/mol. The third kappa shape index (κ3) is 5.31. The molecule has 0 fully saturated rings. The Morgan fingerprint density at radius 3 is 2.44 bits per heavy atom. The van der Waals surface area contributed by atoms with E-state index in [1.807, 2.05) is 79.7 Å². The SMILES string of the molecule is C[C@H](NC(=O)/C(C#N)=C\c1c(OCc2ccc(F)cc2)ccc2ccccc12)c1ccccc1. The van der Waals surface area contributed by atoms with Crippen LogP contribution in [0, 0.1) is 17.1 Å². The molecule has 0 aliphatic carbocycles. The van der Waals surface area contributed by atoms with Gasteiger partial charge in [0.15, 0.2) is 0 Å². The molecule has 0 radical (unpaired) electrons. The van der Waals surface area contributed by atoms with Crippen molar-refractivity contribution in [2.45, 2.75) is 19.6 Å². The monoisotopic (exact) mass is 450 g/mol. The zero-order chi connectivity index (χ0) is 23.9. The molecule has 0 saturated heterocycles. The van der Waals surface area contributed by atoms with Crippen molar-refractivity contribution in [1.29, 1.82) is 5.26 Å². The quantitative estimate of drug-likeness (QED) is 0.264. The average Bonchev–Trinajstić information content (AvgIpc) is 2.87. The highest BCUT2D eigenvalue weighted by atomic mass is 19.1. The summed E-state index contributed by atoms with van der Waals surface area (Å²) in [6.45, 7) is 2.09. The molecule has 1 N–H and O–H groups in total. The van der Waals surface area contributed by atoms with Gasteiger partial charge in [0.05, 0.1) is 6.04 Å². The van der Waals surface area contributed by atoms with Crippen molar-refractivity contribution in [3.8, 4) is 11.8 Å². The number of carbonyl (C=O) groups is 1. The number of rotatable bonds is 7. The van der Waals surface area contributed by atoms with Crippen molar-refractivity contribution in [3.05, 3.63) is 119 Å². The average molecular weight is 451 g/mol. The van der Waals surface area contributed by atoms with Crippen LogP contribution in [0.15, 0.2) is 96.6 Å². The smallest absolute Gasteiger partial charge is 0.262 e. The summed E-state index contributed by atoms with van der Waals surface area (Å²) in [6.07, 6.45) is 1.56. The van der Waals surface area contributed by atoms with E-state index < -0.39 is 5.91 Å². The van der Waals surface area contributed by atoms with Crippen LogP contribution in [0.2, 0.25) is 0 Å². The van der Waals surface area contributed by atoms with Crippen molar-refractivity contribution >= 4 is 22.8 Å². The molecule has 0 aliphatic rings. The molecular formula is C29H23FN2O2. The molecule has 1 atom stereocenters. The van der Waals surface area contributed by atoms with Gasteiger partial charge in [-0.25, -0.2) is 4.39 Å². The van der Waals surface area contributed by atoms with Gasteiger partial charge >= 0.3 is 0 Å². The highest BCUT2D eigenvalue weighted by Gasteiger charge is 2.16. The fourth-order valence-corrected chi connectivity index (χ4v) is 3.68. The van der Waals surface area contributed by atoms with Gasteiger partial charge in [0.25, 0.3) is 5.91 Å². The minimum absolute atomic E-state index is 0.0224. The zero-order valence-electron chi connectivity index (χ0n) is 18.7. The molecule has 1 amide bonds. The standard InChI is InChI=1S/C29H23FN2O2/c1-20(22-7-3-2-4-8-22)32-29(33)24(18-31)17-27-26-10-6-5-9-23(26)13-16-28(27)34-19-21-11-14-25(30)15-12-21/h2-17,20H,19H2,1H3,(H,32,33)/b24-17-/t20-/m0/s1. The van der Waals surface area contributed by atoms with Crippen LogP contribution in [0.5, 0.6) is 5.75 Å². The lowest BCUT2D eigenvalue weighted by atomic mass is 10.0. The van der Waals surface area contributed by atoms with Crippen molar-refractivity contribution in [3.63, 3.8) is 0 Å². The minimum atomic E-state index is -0.462. The van der Waals surface area contributed by atoms with E-state index in [4.69, 9.17) is 4.74 Å². The highest BCUT2D eigenvalue weighted by molar-refractivity contribution is 6.05. The number of nitrogens with zero attached hydrogens (tertiary/aromatic N) is 1. The van der Waals surface area contributed by atoms with Crippen LogP contribution in [-0.2, 0) is 11.4 Å². The number of fused-ring (bicyclic) bond motifs is 1. The maximum atomic E-state index is 13.2. The van der Waals surface area contributed by atoms with Crippen LogP contribution in [0.1, 0.15) is 29.7 Å². The van der Waals surface area contributed by atoms with Gasteiger partial charge in [0, 0.05) is 5.56 Å². The number of hydrogen-bond donors (Lipinski definition) is 1. The number of nitriles is 1. The Balaban J connectivity index is 1.66. The molecule has 0 aromatic heterocycles. The molecule has 0 spiro atoms. The van der Waals surface area contributed by atoms with E-state index in [1.165, 1.54) is 12.1 Å². The number of amides is 1. The molecule has 4 nitrogen and oxygen atoms in total. The van der Waals surface area contributed by atoms with Crippen molar-refractivity contribution in [2.75, 3.05) is 0 Å². The molecule has 0 saturated carbocycles. The Hall–Kier alpha value is -4.43. The first kappa shape index (κ1) is 22.8. The maximum Gasteiger partial charge on any atom is 0.262 e. The van der Waals surface area contributed by atoms with Gasteiger partial charge in [0.1, 0.15) is 29.8 Å². The second-order valence-electron chi connectivity index (χ2n) is 7.89. The van der Waals surface area contributed by atoms with E-state index in [-0.39, 0.29) is 24.0 Å². The van der Waals surface area contributed by atoms with Gasteiger partial charge in [0.2, 0.25) is 0 Å². The summed E-state index contributed by atoms with van der Waals surface area (Å²) in [5.74, 6) is -0.247. The first-order valence-electron chi connectivity index (χ1n) is 10.9. The third-order valence-corrected chi connectivity index (χ3v) is 5.54. The summed E-state index contributed by atoms with van der Waals surface area (Å²) >= 11 is 0. The van der Waals surface area contributed by atoms with Crippen LogP contribution < -0.4 is 10.1 Å². The normalized spacial score (nSPS) is 12.1. The second kappa shape index (κ2) is 10.5. The van der Waals surface area contributed by atoms with Gasteiger partial charge in [-0.2, -0.15) is 5.26 Å². The van der Waals surface area contributed by atoms with E-state index >= 15 is 0 Å². The summed E-state index contributed by atoms with van der Waals surface area (Å²) in [5.41, 5.74) is 2.37. The summed E-state index contributed by atoms with van der Waals surface area (Å²) in [5, 5.41) is 14.5. The van der Waals surface area contributed by atoms with E-state index in [0.717, 1.165) is 21.9 Å². The summed E-state index contributed by atoms with van der Waals surface area (Å²) in [4.78, 5) is 12.9. The first-order valence-corrected chi connectivity index (χ1v) is 10.9. The van der Waals surface area contributed by atoms with E-state index in [2.05, 4.69) is 5.32 Å². The molecule has 0 bridgehead atoms. The Morgan fingerprint density at radius 2 is 1.71 bits per heavy atom. The fourth-order valence-electron chi connectivity index (χ4n) is 3.68. The number of carbonyl (C=O) groups excluding carboxylic acids is 1. The van der Waals surface area contributed by atoms with Gasteiger partial charge in [-0.15, -0.1) is 0 Å². The van der Waals surface area contributed by atoms with Crippen molar-refractivity contribution in [1.82, 2.24) is 5.32 Å². The van der Waals surface area contributed by atoms with E-state index in [9.17, 15) is 14.4 Å². The summed E-state index contributed by atoms with van der Waals surface area (Å²) in [6, 6.07) is 28.9. The van der Waals surface area contributed by atoms with E-state index in [1.54, 1.807) is 18.2 Å². The van der Waals surface area contributed by atoms with Crippen LogP contribution in [-0.4, -0.2) is 5.91 Å². The Morgan fingerprint density at radius 1 is 1.00 bits per heavy atom. The molecule has 4 aromatic rings. The van der Waals surface area contributed by atoms with E-state index in [0.29, 0.717) is 11.3 Å². The van der Waals surface area contributed by atoms with Crippen molar-refractivity contribution in [2.24, 2.45) is 0 Å². The molecule has 4 rings (SSSR count). The molecule has 0 unspecified atom stereocenters. The Labute approximate surface area is 197 Å². The highest BCUT2D eigenvalue weighted by Crippen LogP contribution is 2.31. The van der Waals surface area contributed by atoms with Crippen LogP contribution in [0.25, 0.3) is 16.8 Å². The second-order valence-corrected chi connectivity index (χ2v) is 7.89. The van der Waals surface area contributed by atoms with Crippen LogP contribution in [0.3, 0.4) is 0 Å². The lowest BCUT2D eigenvalue weighted by Gasteiger charge is -2.15. The largest absolute Gasteiger partial charge is 0.488 e. The van der Waals surface area contributed by atoms with Gasteiger partial charge in [-0.05, 0) is 53.1 Å². The number of benzene rings is 4. The van der Waals surface area contributed by atoms with Crippen LogP contribution in [0.4, 0.5) is 4.39 Å². The molecule has 4 aromatic carbocycles. The van der Waals surface area contributed by atoms with Crippen molar-refractivity contribution < 1.29 is 13.9 Å². The maximum absolute atomic E-state index is 13.2. The molecule has 0 aliphatic heterocycles. The predicted molar refractivity (Wildman–Crippen MR) is 131 cm³/mol. The molecule has 34 heavy (non-hydrogen) atoms. The number of hydrogen-bond acceptors (Lipinski definition) is 3. The van der Waals surface area contributed by atoms with Gasteiger partial charge < -0.3 is 10.1 Å².